The van der Waals surface area contributed by atoms with Crippen LogP contribution in [0.4, 0.5) is 5.69 Å². The molecule has 3 aromatic carbocycles. The fraction of sp³-hybridized carbons (Fsp3) is 0.286. The van der Waals surface area contributed by atoms with E-state index >= 15 is 0 Å². The van der Waals surface area contributed by atoms with Crippen LogP contribution in [0, 0.1) is 0 Å². The summed E-state index contributed by atoms with van der Waals surface area (Å²) >= 11 is 7.55. The summed E-state index contributed by atoms with van der Waals surface area (Å²) in [6, 6.07) is 21.0. The normalized spacial score (nSPS) is 18.5. The minimum atomic E-state index is -3.52. The van der Waals surface area contributed by atoms with Crippen LogP contribution in [0.3, 0.4) is 0 Å². The number of carbonyl (C=O) groups is 2. The molecular weight excluding hydrogens is 542 g/mol. The van der Waals surface area contributed by atoms with E-state index in [1.807, 2.05) is 41.3 Å². The predicted molar refractivity (Wildman–Crippen MR) is 151 cm³/mol. The lowest BCUT2D eigenvalue weighted by atomic mass is 10.1. The molecule has 2 heterocycles. The molecule has 0 bridgehead atoms. The summed E-state index contributed by atoms with van der Waals surface area (Å²) in [5, 5.41) is 3.35. The van der Waals surface area contributed by atoms with Gasteiger partial charge in [0.1, 0.15) is 5.37 Å². The van der Waals surface area contributed by atoms with Crippen LogP contribution in [0.2, 0.25) is 5.02 Å². The van der Waals surface area contributed by atoms with Gasteiger partial charge in [-0.1, -0.05) is 42.3 Å². The van der Waals surface area contributed by atoms with E-state index in [-0.39, 0.29) is 22.1 Å². The number of carbonyl (C=O) groups excluding carboxylic acids is 2. The lowest BCUT2D eigenvalue weighted by molar-refractivity contribution is -0.128. The van der Waals surface area contributed by atoms with E-state index in [9.17, 15) is 18.0 Å². The number of sulfonamides is 1. The highest BCUT2D eigenvalue weighted by atomic mass is 35.5. The molecule has 2 fully saturated rings. The third kappa shape index (κ3) is 5.91. The maximum Gasteiger partial charge on any atom is 0.255 e. The third-order valence-corrected chi connectivity index (χ3v) is 10.2. The monoisotopic (exact) mass is 569 g/mol. The maximum absolute atomic E-state index is 12.8. The Hall–Kier alpha value is -2.85. The number of halogens is 1. The molecule has 1 N–H and O–H groups in total. The van der Waals surface area contributed by atoms with E-state index in [1.165, 1.54) is 16.4 Å². The summed E-state index contributed by atoms with van der Waals surface area (Å²) in [6.07, 6.45) is 2.81. The Balaban J connectivity index is 1.23. The Labute approximate surface area is 232 Å². The number of thioether (sulfide) groups is 1. The quantitative estimate of drug-likeness (QED) is 0.404. The van der Waals surface area contributed by atoms with Gasteiger partial charge >= 0.3 is 0 Å². The second-order valence-corrected chi connectivity index (χ2v) is 12.8. The zero-order chi connectivity index (χ0) is 26.7. The van der Waals surface area contributed by atoms with Crippen molar-refractivity contribution in [3.63, 3.8) is 0 Å². The zero-order valence-corrected chi connectivity index (χ0v) is 23.1. The number of rotatable bonds is 7. The molecule has 2 aliphatic rings. The highest BCUT2D eigenvalue weighted by molar-refractivity contribution is 8.00. The summed E-state index contributed by atoms with van der Waals surface area (Å²) in [6.45, 7) is 1.58. The molecule has 0 spiro atoms. The number of hydrogen-bond acceptors (Lipinski definition) is 5. The minimum absolute atomic E-state index is 0.0718. The molecule has 38 heavy (non-hydrogen) atoms. The van der Waals surface area contributed by atoms with Gasteiger partial charge in [-0.25, -0.2) is 8.42 Å². The summed E-state index contributed by atoms with van der Waals surface area (Å²) in [5.74, 6) is 0.183. The van der Waals surface area contributed by atoms with Crippen LogP contribution in [0.15, 0.2) is 77.7 Å². The standard InChI is InChI=1S/C28H28ClN3O4S2/c29-23-10-4-20(5-11-23)18-32-26(33)19-37-28(32)22-8-6-21(7-9-22)27(34)30-24-12-14-25(15-13-24)38(35,36)31-16-2-1-3-17-31/h4-15,28H,1-3,16-19H2,(H,30,34)/t28-/m1/s1. The van der Waals surface area contributed by atoms with Crippen molar-refractivity contribution in [2.75, 3.05) is 24.2 Å². The number of hydrogen-bond donors (Lipinski definition) is 1. The van der Waals surface area contributed by atoms with Crippen LogP contribution in [0.1, 0.15) is 46.1 Å². The first-order valence-electron chi connectivity index (χ1n) is 12.5. The molecule has 198 valence electrons. The number of anilines is 1. The van der Waals surface area contributed by atoms with Crippen molar-refractivity contribution >= 4 is 50.9 Å². The smallest absolute Gasteiger partial charge is 0.255 e. The Morgan fingerprint density at radius 1 is 0.921 bits per heavy atom. The maximum atomic E-state index is 12.8. The Kier molecular flexibility index (Phi) is 8.09. The Morgan fingerprint density at radius 3 is 2.24 bits per heavy atom. The van der Waals surface area contributed by atoms with Gasteiger partial charge in [-0.3, -0.25) is 9.59 Å². The van der Waals surface area contributed by atoms with Gasteiger partial charge in [0.2, 0.25) is 15.9 Å². The Bertz CT molecular complexity index is 1410. The molecule has 0 radical (unpaired) electrons. The fourth-order valence-corrected chi connectivity index (χ4v) is 7.49. The molecule has 1 atom stereocenters. The van der Waals surface area contributed by atoms with Gasteiger partial charge in [0.15, 0.2) is 0 Å². The lowest BCUT2D eigenvalue weighted by Crippen LogP contribution is -2.35. The minimum Gasteiger partial charge on any atom is -0.322 e. The van der Waals surface area contributed by atoms with Crippen LogP contribution < -0.4 is 5.32 Å². The second-order valence-electron chi connectivity index (χ2n) is 9.38. The average Bonchev–Trinajstić information content (AvgIpc) is 3.30. The molecule has 7 nitrogen and oxygen atoms in total. The number of piperidine rings is 1. The lowest BCUT2D eigenvalue weighted by Gasteiger charge is -2.25. The number of amides is 2. The molecule has 2 saturated heterocycles. The van der Waals surface area contributed by atoms with E-state index in [2.05, 4.69) is 5.32 Å². The van der Waals surface area contributed by atoms with E-state index in [4.69, 9.17) is 11.6 Å². The van der Waals surface area contributed by atoms with Crippen LogP contribution in [0.25, 0.3) is 0 Å². The highest BCUT2D eigenvalue weighted by Gasteiger charge is 2.33. The van der Waals surface area contributed by atoms with Crippen molar-refractivity contribution in [1.82, 2.24) is 9.21 Å². The first-order valence-corrected chi connectivity index (χ1v) is 15.3. The van der Waals surface area contributed by atoms with Crippen molar-refractivity contribution in [2.45, 2.75) is 36.1 Å². The van der Waals surface area contributed by atoms with Gasteiger partial charge in [-0.2, -0.15) is 4.31 Å². The molecular formula is C28H28ClN3O4S2. The van der Waals surface area contributed by atoms with Crippen molar-refractivity contribution in [2.24, 2.45) is 0 Å². The van der Waals surface area contributed by atoms with E-state index in [1.54, 1.807) is 36.0 Å². The van der Waals surface area contributed by atoms with E-state index < -0.39 is 10.0 Å². The average molecular weight is 570 g/mol. The number of nitrogens with one attached hydrogen (secondary N) is 1. The second kappa shape index (κ2) is 11.5. The first kappa shape index (κ1) is 26.7. The van der Waals surface area contributed by atoms with Gasteiger partial charge in [-0.05, 0) is 72.5 Å². The van der Waals surface area contributed by atoms with E-state index in [0.717, 1.165) is 30.4 Å². The molecule has 10 heteroatoms. The van der Waals surface area contributed by atoms with Crippen molar-refractivity contribution in [3.05, 3.63) is 94.5 Å². The largest absolute Gasteiger partial charge is 0.322 e. The molecule has 2 amide bonds. The molecule has 5 rings (SSSR count). The highest BCUT2D eigenvalue weighted by Crippen LogP contribution is 2.39. The van der Waals surface area contributed by atoms with Gasteiger partial charge in [0, 0.05) is 35.9 Å². The third-order valence-electron chi connectivity index (χ3n) is 6.76. The van der Waals surface area contributed by atoms with Crippen LogP contribution in [-0.2, 0) is 21.4 Å². The molecule has 0 aromatic heterocycles. The number of nitrogens with zero attached hydrogens (tertiary/aromatic N) is 2. The Morgan fingerprint density at radius 2 is 1.58 bits per heavy atom. The summed E-state index contributed by atoms with van der Waals surface area (Å²) in [7, 11) is -3.52. The summed E-state index contributed by atoms with van der Waals surface area (Å²) in [5.41, 5.74) is 2.93. The van der Waals surface area contributed by atoms with Gasteiger partial charge in [0.25, 0.3) is 5.91 Å². The van der Waals surface area contributed by atoms with Crippen molar-refractivity contribution < 1.29 is 18.0 Å². The van der Waals surface area contributed by atoms with Gasteiger partial charge in [0.05, 0.1) is 10.6 Å². The van der Waals surface area contributed by atoms with Crippen LogP contribution in [-0.4, -0.2) is 48.3 Å². The van der Waals surface area contributed by atoms with E-state index in [0.29, 0.717) is 41.7 Å². The molecule has 3 aromatic rings. The SMILES string of the molecule is O=C(Nc1ccc(S(=O)(=O)N2CCCCC2)cc1)c1ccc([C@H]2SCC(=O)N2Cc2ccc(Cl)cc2)cc1. The van der Waals surface area contributed by atoms with Crippen molar-refractivity contribution in [1.29, 1.82) is 0 Å². The molecule has 0 saturated carbocycles. The molecule has 0 unspecified atom stereocenters. The van der Waals surface area contributed by atoms with Crippen LogP contribution in [0.5, 0.6) is 0 Å². The van der Waals surface area contributed by atoms with Crippen molar-refractivity contribution in [3.8, 4) is 0 Å². The molecule has 0 aliphatic carbocycles. The summed E-state index contributed by atoms with van der Waals surface area (Å²) < 4.78 is 27.2. The summed E-state index contributed by atoms with van der Waals surface area (Å²) in [4.78, 5) is 27.5. The fourth-order valence-electron chi connectivity index (χ4n) is 4.65. The molecule has 2 aliphatic heterocycles. The first-order chi connectivity index (χ1) is 18.3. The number of benzene rings is 3. The van der Waals surface area contributed by atoms with Gasteiger partial charge < -0.3 is 10.2 Å². The zero-order valence-electron chi connectivity index (χ0n) is 20.7. The van der Waals surface area contributed by atoms with Crippen LogP contribution >= 0.6 is 23.4 Å². The van der Waals surface area contributed by atoms with Gasteiger partial charge in [-0.15, -0.1) is 11.8 Å². The predicted octanol–water partition coefficient (Wildman–Crippen LogP) is 5.54. The topological polar surface area (TPSA) is 86.8 Å².